The Labute approximate surface area is 152 Å². The predicted molar refractivity (Wildman–Crippen MR) is 101 cm³/mol. The van der Waals surface area contributed by atoms with Gasteiger partial charge in [0, 0.05) is 25.4 Å². The third-order valence-electron chi connectivity index (χ3n) is 5.09. The molecule has 1 aliphatic carbocycles. The fraction of sp³-hybridized carbons (Fsp3) is 0.471. The van der Waals surface area contributed by atoms with Gasteiger partial charge in [0.1, 0.15) is 18.0 Å². The van der Waals surface area contributed by atoms with Crippen LogP contribution in [-0.4, -0.2) is 52.3 Å². The number of hydrogen-bond donors (Lipinski definition) is 2. The molecule has 3 N–H and O–H groups in total. The molecule has 1 heterocycles. The molecule has 1 fully saturated rings. The van der Waals surface area contributed by atoms with Crippen LogP contribution in [-0.2, 0) is 24.8 Å². The van der Waals surface area contributed by atoms with Crippen LogP contribution < -0.4 is 11.1 Å². The number of nitrogens with one attached hydrogen (secondary N) is 1. The Balaban J connectivity index is 2.11. The van der Waals surface area contributed by atoms with E-state index < -0.39 is 26.3 Å². The third-order valence-corrected chi connectivity index (χ3v) is 7.72. The lowest BCUT2D eigenvalue weighted by Gasteiger charge is -2.42. The summed E-state index contributed by atoms with van der Waals surface area (Å²) in [6, 6.07) is 4.28. The summed E-state index contributed by atoms with van der Waals surface area (Å²) in [6.07, 6.45) is 1.87. The molecule has 7 nitrogen and oxygen atoms in total. The second-order valence-corrected chi connectivity index (χ2v) is 9.13. The summed E-state index contributed by atoms with van der Waals surface area (Å²) in [4.78, 5) is 16.3. The number of anilines is 1. The largest absolute Gasteiger partial charge is 0.375 e. The molecule has 3 atom stereocenters. The number of hydrogen-bond acceptors (Lipinski definition) is 5. The van der Waals surface area contributed by atoms with Crippen LogP contribution in [0.1, 0.15) is 24.8 Å². The standard InChI is InChI=1S/C17H23FN4O3S/c1-22-16(19)21-17(8-4-5-14(17)26(22,3)24)12-9-11(6-7-13(12)18)20-15(23)10-25-2/h6-7,9,14H,3-5,8,10H2,1-2H3,(H2,19,21)(H,20,23). The summed E-state index contributed by atoms with van der Waals surface area (Å²) >= 11 is 0. The number of guanidine groups is 1. The Hall–Kier alpha value is -2.13. The van der Waals surface area contributed by atoms with Gasteiger partial charge in [-0.3, -0.25) is 9.10 Å². The highest BCUT2D eigenvalue weighted by Gasteiger charge is 2.54. The molecule has 0 saturated heterocycles. The maximum Gasteiger partial charge on any atom is 0.250 e. The average Bonchev–Trinajstić information content (AvgIpc) is 3.01. The fourth-order valence-electron chi connectivity index (χ4n) is 3.83. The van der Waals surface area contributed by atoms with E-state index in [4.69, 9.17) is 10.5 Å². The van der Waals surface area contributed by atoms with Crippen LogP contribution in [0, 0.1) is 5.82 Å². The molecule has 9 heteroatoms. The normalized spacial score (nSPS) is 30.7. The van der Waals surface area contributed by atoms with Gasteiger partial charge in [-0.15, -0.1) is 0 Å². The van der Waals surface area contributed by atoms with Crippen molar-refractivity contribution in [3.8, 4) is 0 Å². The maximum absolute atomic E-state index is 14.8. The Morgan fingerprint density at radius 2 is 2.35 bits per heavy atom. The van der Waals surface area contributed by atoms with E-state index in [9.17, 15) is 13.4 Å². The smallest absolute Gasteiger partial charge is 0.250 e. The van der Waals surface area contributed by atoms with Gasteiger partial charge in [-0.25, -0.2) is 13.6 Å². The summed E-state index contributed by atoms with van der Waals surface area (Å²) in [6.45, 7) is -0.108. The zero-order valence-corrected chi connectivity index (χ0v) is 15.6. The molecule has 1 saturated carbocycles. The van der Waals surface area contributed by atoms with Crippen molar-refractivity contribution in [2.75, 3.05) is 26.1 Å². The first-order valence-corrected chi connectivity index (χ1v) is 10.0. The topological polar surface area (TPSA) is 97.0 Å². The highest BCUT2D eigenvalue weighted by Crippen LogP contribution is 2.49. The maximum atomic E-state index is 14.8. The molecule has 0 radical (unpaired) electrons. The Morgan fingerprint density at radius 3 is 3.04 bits per heavy atom. The molecule has 0 aromatic heterocycles. The predicted octanol–water partition coefficient (Wildman–Crippen LogP) is 1.05. The number of methoxy groups -OCH3 is 1. The van der Waals surface area contributed by atoms with Crippen molar-refractivity contribution in [3.63, 3.8) is 0 Å². The fourth-order valence-corrected chi connectivity index (χ4v) is 6.01. The molecule has 142 valence electrons. The van der Waals surface area contributed by atoms with Crippen molar-refractivity contribution in [2.45, 2.75) is 30.1 Å². The van der Waals surface area contributed by atoms with Crippen LogP contribution in [0.3, 0.4) is 0 Å². The Bertz CT molecular complexity index is 871. The summed E-state index contributed by atoms with van der Waals surface area (Å²) in [5.74, 6) is 3.14. The van der Waals surface area contributed by atoms with E-state index in [0.29, 0.717) is 18.5 Å². The summed E-state index contributed by atoms with van der Waals surface area (Å²) in [5, 5.41) is 2.21. The van der Waals surface area contributed by atoms with E-state index >= 15 is 0 Å². The molecule has 1 amide bonds. The molecular weight excluding hydrogens is 359 g/mol. The molecule has 26 heavy (non-hydrogen) atoms. The number of amides is 1. The first-order valence-electron chi connectivity index (χ1n) is 8.26. The number of aliphatic imine (C=N–C) groups is 1. The van der Waals surface area contributed by atoms with E-state index in [2.05, 4.69) is 16.2 Å². The Kier molecular flexibility index (Phi) is 4.70. The third kappa shape index (κ3) is 2.84. The first-order chi connectivity index (χ1) is 12.2. The number of nitrogens with zero attached hydrogens (tertiary/aromatic N) is 2. The van der Waals surface area contributed by atoms with Gasteiger partial charge in [-0.1, -0.05) is 0 Å². The van der Waals surface area contributed by atoms with E-state index in [-0.39, 0.29) is 24.0 Å². The van der Waals surface area contributed by atoms with Crippen molar-refractivity contribution in [2.24, 2.45) is 10.7 Å². The molecule has 2 aliphatic rings. The second kappa shape index (κ2) is 6.55. The minimum absolute atomic E-state index is 0.0800. The van der Waals surface area contributed by atoms with Crippen LogP contribution >= 0.6 is 0 Å². The zero-order valence-electron chi connectivity index (χ0n) is 14.8. The first kappa shape index (κ1) is 18.7. The van der Waals surface area contributed by atoms with E-state index in [1.54, 1.807) is 13.1 Å². The highest BCUT2D eigenvalue weighted by atomic mass is 32.2. The molecule has 3 rings (SSSR count). The summed E-state index contributed by atoms with van der Waals surface area (Å²) in [5.41, 5.74) is 5.65. The average molecular weight is 382 g/mol. The molecule has 0 spiro atoms. The van der Waals surface area contributed by atoms with Gasteiger partial charge in [0.2, 0.25) is 11.9 Å². The minimum Gasteiger partial charge on any atom is -0.375 e. The van der Waals surface area contributed by atoms with Crippen LogP contribution in [0.15, 0.2) is 23.2 Å². The van der Waals surface area contributed by atoms with E-state index in [1.165, 1.54) is 23.5 Å². The number of fused-ring (bicyclic) bond motifs is 1. The van der Waals surface area contributed by atoms with Gasteiger partial charge < -0.3 is 15.8 Å². The summed E-state index contributed by atoms with van der Waals surface area (Å²) in [7, 11) is 0.254. The van der Waals surface area contributed by atoms with Crippen molar-refractivity contribution >= 4 is 33.1 Å². The van der Waals surface area contributed by atoms with Gasteiger partial charge in [-0.05, 0) is 43.3 Å². The van der Waals surface area contributed by atoms with Crippen LogP contribution in [0.5, 0.6) is 0 Å². The SMILES string of the molecule is C=S1(=O)C2CCCC2(c2cc(NC(=O)COC)ccc2F)N=C(N)N1C. The number of ether oxygens (including phenoxy) is 1. The molecule has 1 aromatic carbocycles. The quantitative estimate of drug-likeness (QED) is 0.761. The van der Waals surface area contributed by atoms with Gasteiger partial charge in [0.05, 0.1) is 15.0 Å². The molecule has 3 unspecified atom stereocenters. The van der Waals surface area contributed by atoms with Crippen molar-refractivity contribution in [1.29, 1.82) is 0 Å². The van der Waals surface area contributed by atoms with Crippen LogP contribution in [0.25, 0.3) is 0 Å². The Morgan fingerprint density at radius 1 is 1.62 bits per heavy atom. The zero-order chi connectivity index (χ0) is 19.1. The van der Waals surface area contributed by atoms with Gasteiger partial charge >= 0.3 is 0 Å². The molecule has 1 aromatic rings. The molecule has 1 aliphatic heterocycles. The number of rotatable bonds is 4. The van der Waals surface area contributed by atoms with Crippen molar-refractivity contribution < 1.29 is 18.1 Å². The van der Waals surface area contributed by atoms with E-state index in [0.717, 1.165) is 6.42 Å². The number of halogens is 1. The number of benzene rings is 1. The van der Waals surface area contributed by atoms with Crippen molar-refractivity contribution in [1.82, 2.24) is 4.31 Å². The number of carbonyl (C=O) groups is 1. The van der Waals surface area contributed by atoms with E-state index in [1.807, 2.05) is 0 Å². The minimum atomic E-state index is -2.75. The number of nitrogens with two attached hydrogens (primary N) is 1. The molecule has 0 bridgehead atoms. The number of carbonyl (C=O) groups excluding carboxylic acids is 1. The van der Waals surface area contributed by atoms with Crippen molar-refractivity contribution in [3.05, 3.63) is 29.6 Å². The lowest BCUT2D eigenvalue weighted by molar-refractivity contribution is -0.119. The second-order valence-electron chi connectivity index (χ2n) is 6.64. The highest BCUT2D eigenvalue weighted by molar-refractivity contribution is 7.99. The lowest BCUT2D eigenvalue weighted by Crippen LogP contribution is -2.55. The van der Waals surface area contributed by atoms with Crippen LogP contribution in [0.4, 0.5) is 10.1 Å². The molecular formula is C17H23FN4O3S. The monoisotopic (exact) mass is 382 g/mol. The van der Waals surface area contributed by atoms with Crippen LogP contribution in [0.2, 0.25) is 0 Å². The van der Waals surface area contributed by atoms with Gasteiger partial charge in [0.15, 0.2) is 0 Å². The summed E-state index contributed by atoms with van der Waals surface area (Å²) < 4.78 is 34.2. The lowest BCUT2D eigenvalue weighted by atomic mass is 9.87. The van der Waals surface area contributed by atoms with Gasteiger partial charge in [0.25, 0.3) is 0 Å². The van der Waals surface area contributed by atoms with Gasteiger partial charge in [-0.2, -0.15) is 0 Å².